The predicted molar refractivity (Wildman–Crippen MR) is 68.6 cm³/mol. The van der Waals surface area contributed by atoms with Gasteiger partial charge in [0, 0.05) is 5.02 Å². The van der Waals surface area contributed by atoms with Gasteiger partial charge in [-0.25, -0.2) is 4.79 Å². The Morgan fingerprint density at radius 3 is 2.55 bits per heavy atom. The number of methoxy groups -OCH3 is 1. The number of halogens is 1. The first-order chi connectivity index (χ1) is 9.35. The Hall–Kier alpha value is -2.28. The first kappa shape index (κ1) is 15.8. The van der Waals surface area contributed by atoms with Crippen LogP contribution in [0.5, 0.6) is 5.75 Å². The summed E-state index contributed by atoms with van der Waals surface area (Å²) in [5.74, 6) is -3.40. The topological polar surface area (TPSA) is 113 Å². The molecule has 3 N–H and O–H groups in total. The zero-order chi connectivity index (χ0) is 15.3. The Bertz CT molecular complexity index is 545. The highest BCUT2D eigenvalue weighted by Crippen LogP contribution is 2.21. The van der Waals surface area contributed by atoms with Gasteiger partial charge in [0.1, 0.15) is 11.8 Å². The standard InChI is InChI=1S/C12H12ClNO6/c1-20-10(16)5-8(12(18)19)14-11(17)7-3-2-6(13)4-9(7)15/h2-4,8,15H,5H2,1H3,(H,14,17)(H,18,19)/t8-/m0/s1. The number of nitrogens with one attached hydrogen (secondary N) is 1. The van der Waals surface area contributed by atoms with E-state index in [2.05, 4.69) is 10.1 Å². The van der Waals surface area contributed by atoms with E-state index in [4.69, 9.17) is 16.7 Å². The van der Waals surface area contributed by atoms with Gasteiger partial charge >= 0.3 is 11.9 Å². The number of benzene rings is 1. The van der Waals surface area contributed by atoms with E-state index in [1.54, 1.807) is 0 Å². The van der Waals surface area contributed by atoms with E-state index >= 15 is 0 Å². The number of carboxylic acid groups (broad SMARTS) is 1. The second kappa shape index (κ2) is 6.76. The first-order valence-electron chi connectivity index (χ1n) is 5.44. The average Bonchev–Trinajstić information content (AvgIpc) is 2.37. The number of ether oxygens (including phenoxy) is 1. The number of hydrogen-bond donors (Lipinski definition) is 3. The lowest BCUT2D eigenvalue weighted by Crippen LogP contribution is -2.42. The number of carbonyl (C=O) groups excluding carboxylic acids is 2. The third-order valence-electron chi connectivity index (χ3n) is 2.41. The van der Waals surface area contributed by atoms with Gasteiger partial charge in [0.05, 0.1) is 19.1 Å². The van der Waals surface area contributed by atoms with Crippen LogP contribution in [0.25, 0.3) is 0 Å². The molecule has 0 unspecified atom stereocenters. The van der Waals surface area contributed by atoms with Crippen LogP contribution in [0.3, 0.4) is 0 Å². The highest BCUT2D eigenvalue weighted by molar-refractivity contribution is 6.30. The molecule has 0 aliphatic rings. The Morgan fingerprint density at radius 1 is 1.40 bits per heavy atom. The maximum absolute atomic E-state index is 11.8. The van der Waals surface area contributed by atoms with Crippen molar-refractivity contribution in [3.63, 3.8) is 0 Å². The second-order valence-electron chi connectivity index (χ2n) is 3.81. The minimum absolute atomic E-state index is 0.148. The van der Waals surface area contributed by atoms with Crippen molar-refractivity contribution in [2.45, 2.75) is 12.5 Å². The fourth-order valence-electron chi connectivity index (χ4n) is 1.38. The Labute approximate surface area is 119 Å². The Balaban J connectivity index is 2.85. The largest absolute Gasteiger partial charge is 0.507 e. The number of rotatable bonds is 5. The summed E-state index contributed by atoms with van der Waals surface area (Å²) in [6.45, 7) is 0. The number of hydrogen-bond acceptors (Lipinski definition) is 5. The molecule has 0 radical (unpaired) electrons. The molecule has 108 valence electrons. The van der Waals surface area contributed by atoms with E-state index < -0.39 is 36.1 Å². The van der Waals surface area contributed by atoms with Crippen molar-refractivity contribution in [1.29, 1.82) is 0 Å². The number of aliphatic carboxylic acids is 1. The molecule has 0 saturated heterocycles. The predicted octanol–water partition coefficient (Wildman–Crippen LogP) is 0.792. The third kappa shape index (κ3) is 4.13. The first-order valence-corrected chi connectivity index (χ1v) is 5.82. The number of phenols is 1. The number of esters is 1. The van der Waals surface area contributed by atoms with Crippen LogP contribution in [0.15, 0.2) is 18.2 Å². The molecular weight excluding hydrogens is 290 g/mol. The summed E-state index contributed by atoms with van der Waals surface area (Å²) in [6.07, 6.45) is -0.522. The minimum atomic E-state index is -1.45. The van der Waals surface area contributed by atoms with Gasteiger partial charge in [-0.1, -0.05) is 11.6 Å². The van der Waals surface area contributed by atoms with E-state index in [1.165, 1.54) is 12.1 Å². The summed E-state index contributed by atoms with van der Waals surface area (Å²) in [4.78, 5) is 33.8. The monoisotopic (exact) mass is 301 g/mol. The lowest BCUT2D eigenvalue weighted by molar-refractivity contribution is -0.147. The maximum atomic E-state index is 11.8. The van der Waals surface area contributed by atoms with Crippen molar-refractivity contribution in [2.24, 2.45) is 0 Å². The van der Waals surface area contributed by atoms with E-state index in [-0.39, 0.29) is 10.6 Å². The van der Waals surface area contributed by atoms with Crippen LogP contribution in [-0.2, 0) is 14.3 Å². The molecule has 0 bridgehead atoms. The van der Waals surface area contributed by atoms with E-state index in [0.29, 0.717) is 0 Å². The molecular formula is C12H12ClNO6. The zero-order valence-corrected chi connectivity index (χ0v) is 11.2. The van der Waals surface area contributed by atoms with Gasteiger partial charge in [0.15, 0.2) is 0 Å². The third-order valence-corrected chi connectivity index (χ3v) is 2.64. The average molecular weight is 302 g/mol. The summed E-state index contributed by atoms with van der Waals surface area (Å²) in [5, 5.41) is 20.8. The highest BCUT2D eigenvalue weighted by atomic mass is 35.5. The molecule has 1 aromatic rings. The highest BCUT2D eigenvalue weighted by Gasteiger charge is 2.25. The van der Waals surface area contributed by atoms with Crippen LogP contribution in [0.4, 0.5) is 0 Å². The molecule has 0 aliphatic heterocycles. The van der Waals surface area contributed by atoms with Gasteiger partial charge < -0.3 is 20.3 Å². The summed E-state index contributed by atoms with van der Waals surface area (Å²) in [5.41, 5.74) is -0.148. The number of carboxylic acids is 1. The van der Waals surface area contributed by atoms with Crippen molar-refractivity contribution in [3.05, 3.63) is 28.8 Å². The van der Waals surface area contributed by atoms with Crippen molar-refractivity contribution in [3.8, 4) is 5.75 Å². The Morgan fingerprint density at radius 2 is 2.05 bits per heavy atom. The van der Waals surface area contributed by atoms with Gasteiger partial charge in [0.25, 0.3) is 5.91 Å². The molecule has 7 nitrogen and oxygen atoms in total. The zero-order valence-electron chi connectivity index (χ0n) is 10.4. The van der Waals surface area contributed by atoms with Gasteiger partial charge in [-0.15, -0.1) is 0 Å². The fourth-order valence-corrected chi connectivity index (χ4v) is 1.55. The van der Waals surface area contributed by atoms with Crippen molar-refractivity contribution in [2.75, 3.05) is 7.11 Å². The molecule has 8 heteroatoms. The lowest BCUT2D eigenvalue weighted by Gasteiger charge is -2.13. The number of carbonyl (C=O) groups is 3. The number of amides is 1. The van der Waals surface area contributed by atoms with Crippen LogP contribution in [-0.4, -0.2) is 41.2 Å². The number of aromatic hydroxyl groups is 1. The summed E-state index contributed by atoms with van der Waals surface area (Å²) < 4.78 is 4.34. The summed E-state index contributed by atoms with van der Waals surface area (Å²) in [6, 6.07) is 2.30. The molecule has 0 aromatic heterocycles. The normalized spacial score (nSPS) is 11.5. The number of phenolic OH excluding ortho intramolecular Hbond substituents is 1. The Kier molecular flexibility index (Phi) is 5.33. The smallest absolute Gasteiger partial charge is 0.326 e. The van der Waals surface area contributed by atoms with Gasteiger partial charge in [-0.2, -0.15) is 0 Å². The van der Waals surface area contributed by atoms with Crippen molar-refractivity contribution >= 4 is 29.4 Å². The van der Waals surface area contributed by atoms with Crippen LogP contribution in [0.2, 0.25) is 5.02 Å². The molecule has 1 rings (SSSR count). The minimum Gasteiger partial charge on any atom is -0.507 e. The van der Waals surface area contributed by atoms with Crippen LogP contribution in [0, 0.1) is 0 Å². The molecule has 0 heterocycles. The molecule has 20 heavy (non-hydrogen) atoms. The van der Waals surface area contributed by atoms with Crippen LogP contribution < -0.4 is 5.32 Å². The van der Waals surface area contributed by atoms with Gasteiger partial charge in [-0.3, -0.25) is 9.59 Å². The molecule has 1 atom stereocenters. The quantitative estimate of drug-likeness (QED) is 0.693. The van der Waals surface area contributed by atoms with Crippen molar-refractivity contribution in [1.82, 2.24) is 5.32 Å². The maximum Gasteiger partial charge on any atom is 0.326 e. The molecule has 0 aliphatic carbocycles. The van der Waals surface area contributed by atoms with Crippen LogP contribution in [0.1, 0.15) is 16.8 Å². The van der Waals surface area contributed by atoms with Gasteiger partial charge in [0.2, 0.25) is 0 Å². The van der Waals surface area contributed by atoms with E-state index in [1.807, 2.05) is 0 Å². The fraction of sp³-hybridized carbons (Fsp3) is 0.250. The molecule has 0 spiro atoms. The van der Waals surface area contributed by atoms with Crippen LogP contribution >= 0.6 is 11.6 Å². The molecule has 0 saturated carbocycles. The van der Waals surface area contributed by atoms with Gasteiger partial charge in [-0.05, 0) is 18.2 Å². The van der Waals surface area contributed by atoms with E-state index in [0.717, 1.165) is 13.2 Å². The molecule has 1 aromatic carbocycles. The molecule has 1 amide bonds. The molecule has 0 fully saturated rings. The SMILES string of the molecule is COC(=O)C[C@H](NC(=O)c1ccc(Cl)cc1O)C(=O)O. The summed E-state index contributed by atoms with van der Waals surface area (Å²) >= 11 is 5.62. The van der Waals surface area contributed by atoms with E-state index in [9.17, 15) is 19.5 Å². The summed E-state index contributed by atoms with van der Waals surface area (Å²) in [7, 11) is 1.11. The lowest BCUT2D eigenvalue weighted by atomic mass is 10.1. The second-order valence-corrected chi connectivity index (χ2v) is 4.24. The van der Waals surface area contributed by atoms with Crippen molar-refractivity contribution < 1.29 is 29.3 Å².